The molecule has 1 aromatic heterocycles. The number of halogens is 1. The van der Waals surface area contributed by atoms with E-state index in [1.54, 1.807) is 0 Å². The Morgan fingerprint density at radius 3 is 2.52 bits per heavy atom. The SMILES string of the molecule is CN=C(NCc1nccn1CC(C)C)N1CCN(c2ccc(F)cc2)CC1. The van der Waals surface area contributed by atoms with Crippen molar-refractivity contribution in [2.75, 3.05) is 38.1 Å². The van der Waals surface area contributed by atoms with Crippen molar-refractivity contribution in [3.8, 4) is 0 Å². The lowest BCUT2D eigenvalue weighted by Crippen LogP contribution is -2.52. The Hall–Kier alpha value is -2.57. The maximum Gasteiger partial charge on any atom is 0.194 e. The standard InChI is InChI=1S/C20H29FN6/c1-16(2)15-27-9-8-23-19(27)14-24-20(22-3)26-12-10-25(11-13-26)18-6-4-17(21)5-7-18/h4-9,16H,10-15H2,1-3H3,(H,22,24). The van der Waals surface area contributed by atoms with Gasteiger partial charge in [-0.25, -0.2) is 9.37 Å². The number of imidazole rings is 1. The molecule has 3 rings (SSSR count). The van der Waals surface area contributed by atoms with Crippen LogP contribution in [0.1, 0.15) is 19.7 Å². The summed E-state index contributed by atoms with van der Waals surface area (Å²) in [5.74, 6) is 2.30. The molecule has 0 unspecified atom stereocenters. The van der Waals surface area contributed by atoms with E-state index in [0.717, 1.165) is 50.2 Å². The average molecular weight is 372 g/mol. The van der Waals surface area contributed by atoms with Gasteiger partial charge in [0.2, 0.25) is 0 Å². The quantitative estimate of drug-likeness (QED) is 0.647. The first-order valence-electron chi connectivity index (χ1n) is 9.53. The molecule has 2 heterocycles. The zero-order valence-electron chi connectivity index (χ0n) is 16.4. The van der Waals surface area contributed by atoms with Crippen LogP contribution in [0.3, 0.4) is 0 Å². The Morgan fingerprint density at radius 1 is 1.19 bits per heavy atom. The molecule has 0 aliphatic carbocycles. The van der Waals surface area contributed by atoms with Crippen LogP contribution in [-0.4, -0.2) is 53.6 Å². The van der Waals surface area contributed by atoms with Gasteiger partial charge >= 0.3 is 0 Å². The number of piperazine rings is 1. The molecule has 27 heavy (non-hydrogen) atoms. The third-order valence-corrected chi connectivity index (χ3v) is 4.75. The van der Waals surface area contributed by atoms with E-state index in [2.05, 4.69) is 43.5 Å². The molecule has 0 spiro atoms. The number of anilines is 1. The van der Waals surface area contributed by atoms with E-state index in [0.29, 0.717) is 12.5 Å². The summed E-state index contributed by atoms with van der Waals surface area (Å²) in [5, 5.41) is 3.44. The maximum atomic E-state index is 13.1. The Morgan fingerprint density at radius 2 is 1.89 bits per heavy atom. The van der Waals surface area contributed by atoms with Crippen LogP contribution in [-0.2, 0) is 13.1 Å². The number of benzene rings is 1. The second-order valence-corrected chi connectivity index (χ2v) is 7.24. The van der Waals surface area contributed by atoms with Crippen molar-refractivity contribution < 1.29 is 4.39 Å². The van der Waals surface area contributed by atoms with Crippen LogP contribution in [0.25, 0.3) is 0 Å². The monoisotopic (exact) mass is 372 g/mol. The predicted octanol–water partition coefficient (Wildman–Crippen LogP) is 2.58. The lowest BCUT2D eigenvalue weighted by atomic mass is 10.2. The zero-order valence-corrected chi connectivity index (χ0v) is 16.4. The smallest absolute Gasteiger partial charge is 0.194 e. The van der Waals surface area contributed by atoms with Gasteiger partial charge in [0.15, 0.2) is 5.96 Å². The van der Waals surface area contributed by atoms with Crippen molar-refractivity contribution in [1.82, 2.24) is 19.8 Å². The third-order valence-electron chi connectivity index (χ3n) is 4.75. The highest BCUT2D eigenvalue weighted by Crippen LogP contribution is 2.17. The van der Waals surface area contributed by atoms with Crippen molar-refractivity contribution in [2.24, 2.45) is 10.9 Å². The number of hydrogen-bond acceptors (Lipinski definition) is 3. The first-order chi connectivity index (χ1) is 13.1. The normalized spacial score (nSPS) is 15.5. The fourth-order valence-electron chi connectivity index (χ4n) is 3.39. The first-order valence-corrected chi connectivity index (χ1v) is 9.53. The molecule has 0 radical (unpaired) electrons. The molecule has 1 aliphatic heterocycles. The highest BCUT2D eigenvalue weighted by atomic mass is 19.1. The molecule has 1 saturated heterocycles. The van der Waals surface area contributed by atoms with Gasteiger partial charge in [-0.05, 0) is 30.2 Å². The zero-order chi connectivity index (χ0) is 19.2. The van der Waals surface area contributed by atoms with Gasteiger partial charge in [0, 0.05) is 57.9 Å². The Bertz CT molecular complexity index is 744. The molecule has 1 fully saturated rings. The third kappa shape index (κ3) is 4.99. The van der Waals surface area contributed by atoms with E-state index in [-0.39, 0.29) is 5.82 Å². The largest absolute Gasteiger partial charge is 0.368 e. The number of aromatic nitrogens is 2. The minimum Gasteiger partial charge on any atom is -0.368 e. The first kappa shape index (κ1) is 19.2. The van der Waals surface area contributed by atoms with Crippen molar-refractivity contribution in [3.05, 3.63) is 48.3 Å². The van der Waals surface area contributed by atoms with Crippen LogP contribution in [0.5, 0.6) is 0 Å². The Balaban J connectivity index is 1.53. The van der Waals surface area contributed by atoms with Gasteiger partial charge in [-0.15, -0.1) is 0 Å². The molecule has 2 aromatic rings. The van der Waals surface area contributed by atoms with Crippen molar-refractivity contribution in [1.29, 1.82) is 0 Å². The molecule has 146 valence electrons. The van der Waals surface area contributed by atoms with Gasteiger partial charge in [0.05, 0.1) is 6.54 Å². The highest BCUT2D eigenvalue weighted by molar-refractivity contribution is 5.80. The molecule has 1 aromatic carbocycles. The van der Waals surface area contributed by atoms with E-state index in [4.69, 9.17) is 0 Å². The topological polar surface area (TPSA) is 48.7 Å². The average Bonchev–Trinajstić information content (AvgIpc) is 3.10. The van der Waals surface area contributed by atoms with Crippen LogP contribution < -0.4 is 10.2 Å². The van der Waals surface area contributed by atoms with Crippen LogP contribution in [0.4, 0.5) is 10.1 Å². The van der Waals surface area contributed by atoms with Crippen molar-refractivity contribution >= 4 is 11.6 Å². The van der Waals surface area contributed by atoms with E-state index >= 15 is 0 Å². The summed E-state index contributed by atoms with van der Waals surface area (Å²) in [6, 6.07) is 6.71. The second-order valence-electron chi connectivity index (χ2n) is 7.24. The van der Waals surface area contributed by atoms with Crippen LogP contribution in [0.2, 0.25) is 0 Å². The Labute approximate surface area is 160 Å². The van der Waals surface area contributed by atoms with E-state index < -0.39 is 0 Å². The lowest BCUT2D eigenvalue weighted by Gasteiger charge is -2.37. The van der Waals surface area contributed by atoms with E-state index in [1.807, 2.05) is 31.6 Å². The molecule has 1 aliphatic rings. The number of hydrogen-bond donors (Lipinski definition) is 1. The van der Waals surface area contributed by atoms with Crippen LogP contribution in [0, 0.1) is 11.7 Å². The number of rotatable bonds is 5. The van der Waals surface area contributed by atoms with Gasteiger partial charge < -0.3 is 19.7 Å². The maximum absolute atomic E-state index is 13.1. The molecule has 6 nitrogen and oxygen atoms in total. The summed E-state index contributed by atoms with van der Waals surface area (Å²) < 4.78 is 15.3. The summed E-state index contributed by atoms with van der Waals surface area (Å²) in [7, 11) is 1.81. The molecule has 0 amide bonds. The van der Waals surface area contributed by atoms with Crippen molar-refractivity contribution in [2.45, 2.75) is 26.9 Å². The minimum atomic E-state index is -0.196. The fourth-order valence-corrected chi connectivity index (χ4v) is 3.39. The summed E-state index contributed by atoms with van der Waals surface area (Å²) in [6.45, 7) is 9.54. The van der Waals surface area contributed by atoms with Crippen LogP contribution in [0.15, 0.2) is 41.7 Å². The van der Waals surface area contributed by atoms with E-state index in [1.165, 1.54) is 12.1 Å². The summed E-state index contributed by atoms with van der Waals surface area (Å²) in [5.41, 5.74) is 1.06. The number of nitrogens with one attached hydrogen (secondary N) is 1. The van der Waals surface area contributed by atoms with Gasteiger partial charge in [0.1, 0.15) is 11.6 Å². The fraction of sp³-hybridized carbons (Fsp3) is 0.500. The molecule has 0 bridgehead atoms. The van der Waals surface area contributed by atoms with Crippen molar-refractivity contribution in [3.63, 3.8) is 0 Å². The lowest BCUT2D eigenvalue weighted by molar-refractivity contribution is 0.371. The predicted molar refractivity (Wildman–Crippen MR) is 107 cm³/mol. The highest BCUT2D eigenvalue weighted by Gasteiger charge is 2.20. The van der Waals surface area contributed by atoms with E-state index in [9.17, 15) is 4.39 Å². The molecule has 0 saturated carbocycles. The second kappa shape index (κ2) is 8.88. The molecule has 0 atom stereocenters. The van der Waals surface area contributed by atoms with Gasteiger partial charge in [-0.1, -0.05) is 13.8 Å². The van der Waals surface area contributed by atoms with Gasteiger partial charge in [-0.2, -0.15) is 0 Å². The number of nitrogens with zero attached hydrogens (tertiary/aromatic N) is 5. The van der Waals surface area contributed by atoms with Gasteiger partial charge in [0.25, 0.3) is 0 Å². The molecule has 1 N–H and O–H groups in total. The number of guanidine groups is 1. The molecular formula is C20H29FN6. The molecule has 7 heteroatoms. The Kier molecular flexibility index (Phi) is 6.32. The molecular weight excluding hydrogens is 343 g/mol. The van der Waals surface area contributed by atoms with Gasteiger partial charge in [-0.3, -0.25) is 4.99 Å². The summed E-state index contributed by atoms with van der Waals surface area (Å²) >= 11 is 0. The number of aliphatic imine (C=N–C) groups is 1. The van der Waals surface area contributed by atoms with Crippen LogP contribution >= 0.6 is 0 Å². The summed E-state index contributed by atoms with van der Waals surface area (Å²) in [4.78, 5) is 13.4. The minimum absolute atomic E-state index is 0.196. The summed E-state index contributed by atoms with van der Waals surface area (Å²) in [6.07, 6.45) is 3.88.